The van der Waals surface area contributed by atoms with Crippen LogP contribution in [0.25, 0.3) is 15.3 Å². The molecule has 102 valence electrons. The largest absolute Gasteiger partial charge is 0.462 e. The number of nitrogens with zero attached hydrogens (tertiary/aromatic N) is 2. The fourth-order valence-electron chi connectivity index (χ4n) is 1.82. The Balaban J connectivity index is 2.07. The van der Waals surface area contributed by atoms with E-state index in [0.29, 0.717) is 5.13 Å². The molecule has 0 aliphatic rings. The van der Waals surface area contributed by atoms with E-state index in [-0.39, 0.29) is 12.2 Å². The number of carbonyl (C=O) groups is 1. The maximum Gasteiger partial charge on any atom is 0.345 e. The lowest BCUT2D eigenvalue weighted by Gasteiger charge is -1.96. The van der Waals surface area contributed by atoms with Crippen LogP contribution in [0.2, 0.25) is 0 Å². The van der Waals surface area contributed by atoms with E-state index in [2.05, 4.69) is 10.1 Å². The van der Waals surface area contributed by atoms with Gasteiger partial charge in [0.2, 0.25) is 5.13 Å². The number of ether oxygens (including phenoxy) is 1. The molecule has 3 rings (SSSR count). The van der Waals surface area contributed by atoms with Crippen LogP contribution in [0, 0.1) is 0 Å². The summed E-state index contributed by atoms with van der Waals surface area (Å²) in [6, 6.07) is 7.59. The maximum absolute atomic E-state index is 12.2. The van der Waals surface area contributed by atoms with E-state index in [1.54, 1.807) is 6.92 Å². The average molecular weight is 289 g/mol. The monoisotopic (exact) mass is 289 g/mol. The molecule has 3 aromatic rings. The molecule has 0 saturated carbocycles. The smallest absolute Gasteiger partial charge is 0.345 e. The minimum absolute atomic E-state index is 0.0221. The van der Waals surface area contributed by atoms with Crippen molar-refractivity contribution < 1.29 is 9.53 Å². The normalized spacial score (nSPS) is 10.8. The summed E-state index contributed by atoms with van der Waals surface area (Å²) < 4.78 is 7.05. The Hall–Kier alpha value is -2.41. The summed E-state index contributed by atoms with van der Waals surface area (Å²) in [4.78, 5) is 28.1. The van der Waals surface area contributed by atoms with Crippen LogP contribution in [0.1, 0.15) is 17.3 Å². The summed E-state index contributed by atoms with van der Waals surface area (Å²) in [6.45, 7) is 1.92. The van der Waals surface area contributed by atoms with Gasteiger partial charge in [0.15, 0.2) is 0 Å². The SMILES string of the molecule is CCOC(=O)c1c[nH]n(-c2nc3ccccc3s2)c1=O. The van der Waals surface area contributed by atoms with Crippen LogP contribution < -0.4 is 5.56 Å². The number of benzene rings is 1. The molecule has 0 spiro atoms. The van der Waals surface area contributed by atoms with E-state index in [1.165, 1.54) is 22.2 Å². The number of aromatic amines is 1. The Kier molecular flexibility index (Phi) is 3.11. The van der Waals surface area contributed by atoms with Crippen molar-refractivity contribution in [3.05, 3.63) is 46.4 Å². The maximum atomic E-state index is 12.2. The molecule has 0 atom stereocenters. The Morgan fingerprint density at radius 2 is 2.25 bits per heavy atom. The first kappa shape index (κ1) is 12.6. The highest BCUT2D eigenvalue weighted by atomic mass is 32.1. The fraction of sp³-hybridized carbons (Fsp3) is 0.154. The van der Waals surface area contributed by atoms with Crippen molar-refractivity contribution in [1.82, 2.24) is 14.8 Å². The lowest BCUT2D eigenvalue weighted by Crippen LogP contribution is -2.21. The second kappa shape index (κ2) is 4.93. The zero-order valence-electron chi connectivity index (χ0n) is 10.6. The minimum Gasteiger partial charge on any atom is -0.462 e. The molecule has 0 saturated heterocycles. The van der Waals surface area contributed by atoms with Crippen LogP contribution in [0.15, 0.2) is 35.3 Å². The molecule has 0 amide bonds. The molecule has 0 radical (unpaired) electrons. The number of fused-ring (bicyclic) bond motifs is 1. The standard InChI is InChI=1S/C13H11N3O3S/c1-2-19-12(18)8-7-14-16(11(8)17)13-15-9-5-3-4-6-10(9)20-13/h3-7,14H,2H2,1H3. The van der Waals surface area contributed by atoms with Crippen LogP contribution >= 0.6 is 11.3 Å². The molecule has 20 heavy (non-hydrogen) atoms. The minimum atomic E-state index is -0.631. The van der Waals surface area contributed by atoms with Crippen molar-refractivity contribution in [3.63, 3.8) is 0 Å². The molecule has 1 aromatic carbocycles. The first-order chi connectivity index (χ1) is 9.70. The van der Waals surface area contributed by atoms with Crippen LogP contribution in [0.3, 0.4) is 0 Å². The van der Waals surface area contributed by atoms with Gasteiger partial charge in [0.1, 0.15) is 5.56 Å². The zero-order valence-corrected chi connectivity index (χ0v) is 11.4. The molecule has 0 aliphatic carbocycles. The molecular formula is C13H11N3O3S. The van der Waals surface area contributed by atoms with Crippen LogP contribution in [0.4, 0.5) is 0 Å². The van der Waals surface area contributed by atoms with Crippen molar-refractivity contribution in [2.75, 3.05) is 6.61 Å². The van der Waals surface area contributed by atoms with E-state index >= 15 is 0 Å². The highest BCUT2D eigenvalue weighted by molar-refractivity contribution is 7.20. The molecule has 0 aliphatic heterocycles. The zero-order chi connectivity index (χ0) is 14.1. The molecule has 0 fully saturated rings. The van der Waals surface area contributed by atoms with Crippen molar-refractivity contribution >= 4 is 27.5 Å². The van der Waals surface area contributed by atoms with Gasteiger partial charge in [-0.05, 0) is 19.1 Å². The molecule has 0 unspecified atom stereocenters. The Labute approximate surface area is 117 Å². The van der Waals surface area contributed by atoms with Crippen molar-refractivity contribution in [2.24, 2.45) is 0 Å². The molecule has 0 bridgehead atoms. The van der Waals surface area contributed by atoms with Gasteiger partial charge < -0.3 is 4.74 Å². The molecule has 2 heterocycles. The predicted octanol–water partition coefficient (Wildman–Crippen LogP) is 1.95. The number of hydrogen-bond acceptors (Lipinski definition) is 5. The first-order valence-electron chi connectivity index (χ1n) is 6.04. The average Bonchev–Trinajstić information content (AvgIpc) is 3.01. The van der Waals surface area contributed by atoms with E-state index in [9.17, 15) is 9.59 Å². The topological polar surface area (TPSA) is 77.0 Å². The highest BCUT2D eigenvalue weighted by Gasteiger charge is 2.17. The fourth-order valence-corrected chi connectivity index (χ4v) is 2.76. The predicted molar refractivity (Wildman–Crippen MR) is 75.5 cm³/mol. The summed E-state index contributed by atoms with van der Waals surface area (Å²) in [5.74, 6) is -0.631. The number of para-hydroxylation sites is 1. The number of hydrogen-bond donors (Lipinski definition) is 1. The molecule has 7 heteroatoms. The lowest BCUT2D eigenvalue weighted by molar-refractivity contribution is 0.0525. The van der Waals surface area contributed by atoms with Gasteiger partial charge in [-0.25, -0.2) is 9.78 Å². The van der Waals surface area contributed by atoms with E-state index in [1.807, 2.05) is 24.3 Å². The third-order valence-corrected chi connectivity index (χ3v) is 3.76. The van der Waals surface area contributed by atoms with Gasteiger partial charge in [-0.1, -0.05) is 23.5 Å². The van der Waals surface area contributed by atoms with Crippen LogP contribution in [-0.2, 0) is 4.74 Å². The third kappa shape index (κ3) is 2.01. The molecule has 2 aromatic heterocycles. The van der Waals surface area contributed by atoms with Gasteiger partial charge in [0.25, 0.3) is 5.56 Å². The Morgan fingerprint density at radius 3 is 3.00 bits per heavy atom. The second-order valence-corrected chi connectivity index (χ2v) is 5.02. The van der Waals surface area contributed by atoms with E-state index in [0.717, 1.165) is 10.2 Å². The summed E-state index contributed by atoms with van der Waals surface area (Å²) in [7, 11) is 0. The van der Waals surface area contributed by atoms with Crippen molar-refractivity contribution in [2.45, 2.75) is 6.92 Å². The van der Waals surface area contributed by atoms with Gasteiger partial charge in [0.05, 0.1) is 16.8 Å². The number of nitrogens with one attached hydrogen (secondary N) is 1. The van der Waals surface area contributed by atoms with E-state index in [4.69, 9.17) is 4.74 Å². The Bertz CT molecular complexity index is 798. The van der Waals surface area contributed by atoms with E-state index < -0.39 is 11.5 Å². The van der Waals surface area contributed by atoms with Gasteiger partial charge >= 0.3 is 5.97 Å². The number of rotatable bonds is 3. The van der Waals surface area contributed by atoms with Gasteiger partial charge in [-0.3, -0.25) is 9.89 Å². The number of aromatic nitrogens is 3. The van der Waals surface area contributed by atoms with Crippen LogP contribution in [0.5, 0.6) is 0 Å². The summed E-state index contributed by atoms with van der Waals surface area (Å²) in [5.41, 5.74) is 0.334. The number of thiazole rings is 1. The summed E-state index contributed by atoms with van der Waals surface area (Å²) >= 11 is 1.37. The third-order valence-electron chi connectivity index (χ3n) is 2.74. The summed E-state index contributed by atoms with van der Waals surface area (Å²) in [6.07, 6.45) is 1.34. The number of esters is 1. The van der Waals surface area contributed by atoms with Gasteiger partial charge in [-0.2, -0.15) is 4.68 Å². The second-order valence-electron chi connectivity index (χ2n) is 4.01. The summed E-state index contributed by atoms with van der Waals surface area (Å²) in [5, 5.41) is 3.23. The van der Waals surface area contributed by atoms with Crippen molar-refractivity contribution in [3.8, 4) is 5.13 Å². The molecule has 1 N–H and O–H groups in total. The Morgan fingerprint density at radius 1 is 1.45 bits per heavy atom. The molecule has 6 nitrogen and oxygen atoms in total. The number of H-pyrrole nitrogens is 1. The van der Waals surface area contributed by atoms with Gasteiger partial charge in [0, 0.05) is 6.20 Å². The quantitative estimate of drug-likeness (QED) is 0.748. The van der Waals surface area contributed by atoms with Crippen LogP contribution in [-0.4, -0.2) is 27.3 Å². The first-order valence-corrected chi connectivity index (χ1v) is 6.86. The number of carbonyl (C=O) groups excluding carboxylic acids is 1. The lowest BCUT2D eigenvalue weighted by atomic mass is 10.3. The van der Waals surface area contributed by atoms with Crippen molar-refractivity contribution in [1.29, 1.82) is 0 Å². The highest BCUT2D eigenvalue weighted by Crippen LogP contribution is 2.23. The van der Waals surface area contributed by atoms with Gasteiger partial charge in [-0.15, -0.1) is 0 Å². The molecular weight excluding hydrogens is 278 g/mol.